The minimum Gasteiger partial charge on any atom is -0.494 e. The number of benzene rings is 3. The Labute approximate surface area is 214 Å². The van der Waals surface area contributed by atoms with Crippen LogP contribution in [0.4, 0.5) is 0 Å². The second-order valence-corrected chi connectivity index (χ2v) is 10.8. The van der Waals surface area contributed by atoms with Gasteiger partial charge in [0.05, 0.1) is 18.1 Å². The fourth-order valence-electron chi connectivity index (χ4n) is 3.69. The largest absolute Gasteiger partial charge is 0.494 e. The quantitative estimate of drug-likeness (QED) is 0.224. The zero-order valence-electron chi connectivity index (χ0n) is 20.0. The van der Waals surface area contributed by atoms with Crippen LogP contribution >= 0.6 is 11.8 Å². The molecule has 8 nitrogen and oxygen atoms in total. The van der Waals surface area contributed by atoms with Gasteiger partial charge in [-0.05, 0) is 54.4 Å². The molecule has 1 atom stereocenters. The lowest BCUT2D eigenvalue weighted by molar-refractivity contribution is -0.118. The number of amides is 1. The minimum atomic E-state index is -4.11. The van der Waals surface area contributed by atoms with E-state index in [1.54, 1.807) is 24.3 Å². The van der Waals surface area contributed by atoms with Gasteiger partial charge in [-0.3, -0.25) is 4.79 Å². The number of carbonyl (C=O) groups is 1. The summed E-state index contributed by atoms with van der Waals surface area (Å²) in [6, 6.07) is 16.9. The second kappa shape index (κ2) is 11.6. The van der Waals surface area contributed by atoms with E-state index in [1.165, 1.54) is 30.1 Å². The molecule has 0 spiro atoms. The van der Waals surface area contributed by atoms with E-state index in [0.717, 1.165) is 30.0 Å². The molecule has 1 amide bonds. The van der Waals surface area contributed by atoms with Crippen molar-refractivity contribution in [3.8, 4) is 11.5 Å². The van der Waals surface area contributed by atoms with Crippen molar-refractivity contribution in [2.45, 2.75) is 43.3 Å². The third-order valence-corrected chi connectivity index (χ3v) is 7.88. The van der Waals surface area contributed by atoms with Gasteiger partial charge in [-0.25, -0.2) is 0 Å². The molecule has 1 saturated heterocycles. The number of carbonyl (C=O) groups excluding carboxylic acids is 1. The lowest BCUT2D eigenvalue weighted by Gasteiger charge is -2.12. The summed E-state index contributed by atoms with van der Waals surface area (Å²) >= 11 is 1.35. The number of unbranched alkanes of at least 4 members (excludes halogenated alkanes) is 1. The highest BCUT2D eigenvalue weighted by Crippen LogP contribution is 2.30. The number of hydrogen-bond donors (Lipinski definition) is 1. The summed E-state index contributed by atoms with van der Waals surface area (Å²) in [4.78, 5) is 12.1. The molecule has 0 unspecified atom stereocenters. The number of nitrogens with one attached hydrogen (secondary N) is 1. The van der Waals surface area contributed by atoms with Gasteiger partial charge in [0.15, 0.2) is 10.9 Å². The van der Waals surface area contributed by atoms with Crippen LogP contribution < -0.4 is 14.2 Å². The second-order valence-electron chi connectivity index (χ2n) is 8.03. The van der Waals surface area contributed by atoms with Crippen molar-refractivity contribution in [1.29, 1.82) is 0 Å². The first kappa shape index (κ1) is 25.7. The third-order valence-electron chi connectivity index (χ3n) is 5.49. The van der Waals surface area contributed by atoms with Crippen molar-refractivity contribution < 1.29 is 22.1 Å². The average Bonchev–Trinajstić information content (AvgIpc) is 3.23. The van der Waals surface area contributed by atoms with Gasteiger partial charge < -0.3 is 14.2 Å². The van der Waals surface area contributed by atoms with Gasteiger partial charge in [0.1, 0.15) is 10.6 Å². The number of fused-ring (bicyclic) bond motifs is 1. The van der Waals surface area contributed by atoms with Crippen LogP contribution in [0, 0.1) is 0 Å². The first-order chi connectivity index (χ1) is 17.4. The predicted octanol–water partition coefficient (Wildman–Crippen LogP) is 5.12. The molecule has 0 bridgehead atoms. The smallest absolute Gasteiger partial charge is 0.339 e. The molecule has 0 radical (unpaired) electrons. The summed E-state index contributed by atoms with van der Waals surface area (Å²) in [5.74, 6) is 0.622. The van der Waals surface area contributed by atoms with Crippen LogP contribution in [0.3, 0.4) is 0 Å². The van der Waals surface area contributed by atoms with Gasteiger partial charge in [-0.15, -0.1) is 5.10 Å². The molecule has 1 aliphatic rings. The van der Waals surface area contributed by atoms with Crippen LogP contribution in [-0.2, 0) is 14.9 Å². The van der Waals surface area contributed by atoms with Crippen LogP contribution in [0.15, 0.2) is 75.8 Å². The van der Waals surface area contributed by atoms with E-state index in [2.05, 4.69) is 22.4 Å². The lowest BCUT2D eigenvalue weighted by Crippen LogP contribution is -2.24. The van der Waals surface area contributed by atoms with Gasteiger partial charge in [0, 0.05) is 5.56 Å². The van der Waals surface area contributed by atoms with E-state index in [1.807, 2.05) is 31.2 Å². The predicted molar refractivity (Wildman–Crippen MR) is 143 cm³/mol. The van der Waals surface area contributed by atoms with Gasteiger partial charge in [-0.2, -0.15) is 13.5 Å². The van der Waals surface area contributed by atoms with Crippen LogP contribution in [0.25, 0.3) is 10.8 Å². The van der Waals surface area contributed by atoms with Crippen LogP contribution in [0.1, 0.15) is 38.7 Å². The Balaban J connectivity index is 1.62. The molecule has 4 rings (SSSR count). The molecule has 188 valence electrons. The molecule has 3 aromatic carbocycles. The molecule has 1 N–H and O–H groups in total. The zero-order chi connectivity index (χ0) is 25.5. The van der Waals surface area contributed by atoms with E-state index in [9.17, 15) is 13.2 Å². The van der Waals surface area contributed by atoms with E-state index < -0.39 is 10.1 Å². The van der Waals surface area contributed by atoms with E-state index >= 15 is 0 Å². The number of hydrogen-bond acceptors (Lipinski definition) is 8. The fourth-order valence-corrected chi connectivity index (χ4v) is 5.61. The molecule has 1 aliphatic heterocycles. The number of nitrogens with zero attached hydrogens (tertiary/aromatic N) is 2. The Hall–Kier alpha value is -3.37. The third kappa shape index (κ3) is 6.06. The highest BCUT2D eigenvalue weighted by molar-refractivity contribution is 8.15. The van der Waals surface area contributed by atoms with Crippen molar-refractivity contribution in [3.05, 3.63) is 66.2 Å². The molecular weight excluding hydrogens is 498 g/mol. The maximum Gasteiger partial charge on any atom is 0.339 e. The van der Waals surface area contributed by atoms with Crippen molar-refractivity contribution in [3.63, 3.8) is 0 Å². The Morgan fingerprint density at radius 3 is 2.58 bits per heavy atom. The monoisotopic (exact) mass is 525 g/mol. The van der Waals surface area contributed by atoms with Crippen LogP contribution in [0.2, 0.25) is 0 Å². The lowest BCUT2D eigenvalue weighted by atomic mass is 10.0. The number of thioether (sulfide) groups is 1. The molecule has 1 heterocycles. The molecule has 10 heteroatoms. The summed E-state index contributed by atoms with van der Waals surface area (Å²) in [5.41, 5.74) is 0.462. The first-order valence-electron chi connectivity index (χ1n) is 11.7. The van der Waals surface area contributed by atoms with E-state index in [0.29, 0.717) is 23.1 Å². The molecule has 0 aliphatic carbocycles. The molecule has 1 fully saturated rings. The highest BCUT2D eigenvalue weighted by Gasteiger charge is 2.29. The molecule has 0 saturated carbocycles. The average molecular weight is 526 g/mol. The fraction of sp³-hybridized carbons (Fsp3) is 0.269. The Morgan fingerprint density at radius 1 is 1.06 bits per heavy atom. The van der Waals surface area contributed by atoms with Gasteiger partial charge in [0.25, 0.3) is 0 Å². The van der Waals surface area contributed by atoms with Crippen LogP contribution in [-0.4, -0.2) is 37.6 Å². The van der Waals surface area contributed by atoms with Crippen molar-refractivity contribution in [2.24, 2.45) is 10.2 Å². The van der Waals surface area contributed by atoms with E-state index in [-0.39, 0.29) is 21.8 Å². The normalized spacial score (nSPS) is 17.1. The molecule has 0 aromatic heterocycles. The Morgan fingerprint density at radius 2 is 1.83 bits per heavy atom. The van der Waals surface area contributed by atoms with Crippen LogP contribution in [0.5, 0.6) is 11.5 Å². The number of rotatable bonds is 10. The van der Waals surface area contributed by atoms with Crippen molar-refractivity contribution in [1.82, 2.24) is 5.32 Å². The Kier molecular flexibility index (Phi) is 8.27. The Bertz CT molecular complexity index is 1400. The number of amidine groups is 1. The summed E-state index contributed by atoms with van der Waals surface area (Å²) in [5, 5.41) is 12.9. The molecule has 36 heavy (non-hydrogen) atoms. The molecule has 3 aromatic rings. The van der Waals surface area contributed by atoms with Gasteiger partial charge in [0.2, 0.25) is 5.91 Å². The number of ether oxygens (including phenoxy) is 1. The SMILES string of the molecule is CCCC[C@@H]1SC(=NN=Cc2c(OS(=O)(=O)c3ccc(OCC)cc3)ccc3ccccc23)NC1=O. The maximum atomic E-state index is 13.0. The summed E-state index contributed by atoms with van der Waals surface area (Å²) in [6.45, 7) is 4.41. The topological polar surface area (TPSA) is 106 Å². The zero-order valence-corrected chi connectivity index (χ0v) is 21.6. The highest BCUT2D eigenvalue weighted by atomic mass is 32.2. The van der Waals surface area contributed by atoms with Gasteiger partial charge in [-0.1, -0.05) is 61.9 Å². The minimum absolute atomic E-state index is 0.00503. The maximum absolute atomic E-state index is 13.0. The first-order valence-corrected chi connectivity index (χ1v) is 14.0. The summed E-state index contributed by atoms with van der Waals surface area (Å²) < 4.78 is 37.0. The van der Waals surface area contributed by atoms with Crippen molar-refractivity contribution >= 4 is 49.9 Å². The molecular formula is C26H27N3O5S2. The summed E-state index contributed by atoms with van der Waals surface area (Å²) in [6.07, 6.45) is 4.20. The summed E-state index contributed by atoms with van der Waals surface area (Å²) in [7, 11) is -4.11. The van der Waals surface area contributed by atoms with Crippen molar-refractivity contribution in [2.75, 3.05) is 6.61 Å². The standard InChI is InChI=1S/C26H27N3O5S2/c1-3-5-10-24-25(30)28-26(35-24)29-27-17-22-21-9-7-6-8-18(21)11-16-23(22)34-36(31,32)20-14-12-19(13-15-20)33-4-2/h6-9,11-17,24H,3-5,10H2,1-2H3,(H,28,29,30)/t24-/m0/s1. The van der Waals surface area contributed by atoms with Gasteiger partial charge >= 0.3 is 10.1 Å². The van der Waals surface area contributed by atoms with E-state index in [4.69, 9.17) is 8.92 Å².